The molecule has 0 saturated carbocycles. The Bertz CT molecular complexity index is 382. The summed E-state index contributed by atoms with van der Waals surface area (Å²) >= 11 is 1.36. The Hall–Kier alpha value is -1.07. The molecule has 0 spiro atoms. The van der Waals surface area contributed by atoms with E-state index in [0.717, 1.165) is 12.3 Å². The normalized spacial score (nSPS) is 10.8. The lowest BCUT2D eigenvalue weighted by Crippen LogP contribution is -2.15. The molecule has 1 rings (SSSR count). The lowest BCUT2D eigenvalue weighted by atomic mass is 10.2. The summed E-state index contributed by atoms with van der Waals surface area (Å²) in [6, 6.07) is 4.33. The summed E-state index contributed by atoms with van der Waals surface area (Å²) in [5, 5.41) is 8.89. The largest absolute Gasteiger partial charge is 0.478 e. The summed E-state index contributed by atoms with van der Waals surface area (Å²) in [6.07, 6.45) is 0. The van der Waals surface area contributed by atoms with Gasteiger partial charge in [0.25, 0.3) is 0 Å². The van der Waals surface area contributed by atoms with Gasteiger partial charge in [-0.15, -0.1) is 11.8 Å². The van der Waals surface area contributed by atoms with Crippen molar-refractivity contribution in [3.05, 3.63) is 29.6 Å². The third kappa shape index (κ3) is 3.50. The van der Waals surface area contributed by atoms with E-state index in [1.807, 2.05) is 19.0 Å². The molecule has 1 aromatic rings. The van der Waals surface area contributed by atoms with E-state index >= 15 is 0 Å². The van der Waals surface area contributed by atoms with Crippen molar-refractivity contribution in [2.24, 2.45) is 0 Å². The number of rotatable bonds is 5. The van der Waals surface area contributed by atoms with Gasteiger partial charge >= 0.3 is 5.97 Å². The van der Waals surface area contributed by atoms with Crippen LogP contribution >= 0.6 is 11.8 Å². The molecule has 5 heteroatoms. The van der Waals surface area contributed by atoms with E-state index in [9.17, 15) is 9.18 Å². The third-order valence-electron chi connectivity index (χ3n) is 1.99. The zero-order valence-electron chi connectivity index (χ0n) is 9.24. The summed E-state index contributed by atoms with van der Waals surface area (Å²) < 4.78 is 13.3. The zero-order valence-corrected chi connectivity index (χ0v) is 10.1. The molecule has 0 amide bonds. The van der Waals surface area contributed by atoms with Crippen LogP contribution in [0.1, 0.15) is 10.4 Å². The number of carboxylic acid groups (broad SMARTS) is 1. The smallest absolute Gasteiger partial charge is 0.339 e. The van der Waals surface area contributed by atoms with Gasteiger partial charge in [-0.3, -0.25) is 0 Å². The fraction of sp³-hybridized carbons (Fsp3) is 0.364. The molecule has 1 aromatic carbocycles. The zero-order chi connectivity index (χ0) is 12.1. The quantitative estimate of drug-likeness (QED) is 0.805. The summed E-state index contributed by atoms with van der Waals surface area (Å²) in [5.74, 6) is -1.16. The highest BCUT2D eigenvalue weighted by atomic mass is 32.2. The van der Waals surface area contributed by atoms with E-state index in [1.165, 1.54) is 23.9 Å². The Morgan fingerprint density at radius 3 is 2.75 bits per heavy atom. The van der Waals surface area contributed by atoms with Gasteiger partial charge in [0.15, 0.2) is 0 Å². The number of benzene rings is 1. The third-order valence-corrected chi connectivity index (χ3v) is 3.02. The molecule has 0 aliphatic carbocycles. The molecular weight excluding hydrogens is 229 g/mol. The van der Waals surface area contributed by atoms with Crippen LogP contribution in [-0.2, 0) is 0 Å². The van der Waals surface area contributed by atoms with Crippen LogP contribution in [0.25, 0.3) is 0 Å². The fourth-order valence-corrected chi connectivity index (χ4v) is 2.35. The SMILES string of the molecule is CN(C)CCSc1cccc(F)c1C(=O)O. The Labute approximate surface area is 98.3 Å². The van der Waals surface area contributed by atoms with Crippen molar-refractivity contribution in [2.75, 3.05) is 26.4 Å². The minimum absolute atomic E-state index is 0.230. The predicted molar refractivity (Wildman–Crippen MR) is 62.6 cm³/mol. The lowest BCUT2D eigenvalue weighted by Gasteiger charge is -2.10. The number of hydrogen-bond acceptors (Lipinski definition) is 3. The van der Waals surface area contributed by atoms with Crippen molar-refractivity contribution < 1.29 is 14.3 Å². The number of halogens is 1. The molecule has 0 aromatic heterocycles. The molecule has 0 atom stereocenters. The number of thioether (sulfide) groups is 1. The molecule has 16 heavy (non-hydrogen) atoms. The first-order valence-electron chi connectivity index (χ1n) is 4.81. The summed E-state index contributed by atoms with van der Waals surface area (Å²) in [6.45, 7) is 0.820. The maximum Gasteiger partial charge on any atom is 0.339 e. The Morgan fingerprint density at radius 1 is 1.50 bits per heavy atom. The first kappa shape index (κ1) is 13.0. The highest BCUT2D eigenvalue weighted by molar-refractivity contribution is 7.99. The summed E-state index contributed by atoms with van der Waals surface area (Å²) in [4.78, 5) is 13.3. The highest BCUT2D eigenvalue weighted by Crippen LogP contribution is 2.24. The molecule has 88 valence electrons. The van der Waals surface area contributed by atoms with Gasteiger partial charge in [-0.1, -0.05) is 6.07 Å². The number of carboxylic acids is 1. The van der Waals surface area contributed by atoms with E-state index in [0.29, 0.717) is 4.90 Å². The van der Waals surface area contributed by atoms with Crippen LogP contribution in [0.5, 0.6) is 0 Å². The number of nitrogens with zero attached hydrogens (tertiary/aromatic N) is 1. The molecule has 1 N–H and O–H groups in total. The maximum atomic E-state index is 13.3. The number of aromatic carboxylic acids is 1. The van der Waals surface area contributed by atoms with Crippen LogP contribution in [0.15, 0.2) is 23.1 Å². The molecule has 0 fully saturated rings. The molecule has 0 radical (unpaired) electrons. The van der Waals surface area contributed by atoms with Crippen LogP contribution in [-0.4, -0.2) is 42.4 Å². The van der Waals surface area contributed by atoms with E-state index in [4.69, 9.17) is 5.11 Å². The van der Waals surface area contributed by atoms with Crippen LogP contribution in [0.3, 0.4) is 0 Å². The van der Waals surface area contributed by atoms with Crippen molar-refractivity contribution >= 4 is 17.7 Å². The molecule has 0 unspecified atom stereocenters. The van der Waals surface area contributed by atoms with Crippen LogP contribution in [0.4, 0.5) is 4.39 Å². The second kappa shape index (κ2) is 5.86. The molecular formula is C11H14FNO2S. The van der Waals surface area contributed by atoms with Gasteiger partial charge in [-0.05, 0) is 26.2 Å². The second-order valence-corrected chi connectivity index (χ2v) is 4.71. The van der Waals surface area contributed by atoms with Crippen molar-refractivity contribution in [3.63, 3.8) is 0 Å². The monoisotopic (exact) mass is 243 g/mol. The van der Waals surface area contributed by atoms with Crippen molar-refractivity contribution in [1.29, 1.82) is 0 Å². The van der Waals surface area contributed by atoms with Gasteiger partial charge in [-0.2, -0.15) is 0 Å². The highest BCUT2D eigenvalue weighted by Gasteiger charge is 2.15. The van der Waals surface area contributed by atoms with Gasteiger partial charge in [0.05, 0.1) is 0 Å². The van der Waals surface area contributed by atoms with E-state index in [2.05, 4.69) is 0 Å². The standard InChI is InChI=1S/C11H14FNO2S/c1-13(2)6-7-16-9-5-3-4-8(12)10(9)11(14)15/h3-5H,6-7H2,1-2H3,(H,14,15). The number of carbonyl (C=O) groups is 1. The maximum absolute atomic E-state index is 13.3. The minimum Gasteiger partial charge on any atom is -0.478 e. The van der Waals surface area contributed by atoms with Gasteiger partial charge in [-0.25, -0.2) is 9.18 Å². The van der Waals surface area contributed by atoms with E-state index < -0.39 is 11.8 Å². The van der Waals surface area contributed by atoms with Crippen LogP contribution < -0.4 is 0 Å². The van der Waals surface area contributed by atoms with Gasteiger partial charge in [0.2, 0.25) is 0 Å². The predicted octanol–water partition coefficient (Wildman–Crippen LogP) is 2.18. The molecule has 0 aliphatic heterocycles. The Kier molecular flexibility index (Phi) is 4.76. The first-order chi connectivity index (χ1) is 7.52. The Balaban J connectivity index is 2.79. The summed E-state index contributed by atoms with van der Waals surface area (Å²) in [5.41, 5.74) is -0.230. The van der Waals surface area contributed by atoms with Gasteiger partial charge in [0, 0.05) is 17.2 Å². The topological polar surface area (TPSA) is 40.5 Å². The van der Waals surface area contributed by atoms with E-state index in [1.54, 1.807) is 6.07 Å². The average molecular weight is 243 g/mol. The van der Waals surface area contributed by atoms with Crippen molar-refractivity contribution in [1.82, 2.24) is 4.90 Å². The summed E-state index contributed by atoms with van der Waals surface area (Å²) in [7, 11) is 3.87. The molecule has 0 heterocycles. The molecule has 0 aliphatic rings. The van der Waals surface area contributed by atoms with E-state index in [-0.39, 0.29) is 5.56 Å². The molecule has 0 saturated heterocycles. The second-order valence-electron chi connectivity index (χ2n) is 3.57. The average Bonchev–Trinajstić information content (AvgIpc) is 2.16. The van der Waals surface area contributed by atoms with Crippen molar-refractivity contribution in [3.8, 4) is 0 Å². The minimum atomic E-state index is -1.22. The number of hydrogen-bond donors (Lipinski definition) is 1. The molecule has 3 nitrogen and oxygen atoms in total. The van der Waals surface area contributed by atoms with Crippen molar-refractivity contribution in [2.45, 2.75) is 4.90 Å². The van der Waals surface area contributed by atoms with Gasteiger partial charge in [0.1, 0.15) is 11.4 Å². The van der Waals surface area contributed by atoms with Gasteiger partial charge < -0.3 is 10.0 Å². The van der Waals surface area contributed by atoms with Crippen LogP contribution in [0, 0.1) is 5.82 Å². The lowest BCUT2D eigenvalue weighted by molar-refractivity contribution is 0.0688. The Morgan fingerprint density at radius 2 is 2.19 bits per heavy atom. The molecule has 0 bridgehead atoms. The van der Waals surface area contributed by atoms with Crippen LogP contribution in [0.2, 0.25) is 0 Å². The first-order valence-corrected chi connectivity index (χ1v) is 5.80. The fourth-order valence-electron chi connectivity index (χ4n) is 1.17.